The number of benzene rings is 1. The van der Waals surface area contributed by atoms with Crippen molar-refractivity contribution in [2.75, 3.05) is 38.7 Å². The van der Waals surface area contributed by atoms with Crippen LogP contribution < -0.4 is 0 Å². The summed E-state index contributed by atoms with van der Waals surface area (Å²) in [7, 11) is 0.957. The van der Waals surface area contributed by atoms with Crippen molar-refractivity contribution in [2.45, 2.75) is 45.1 Å². The minimum absolute atomic E-state index is 0.0782. The van der Waals surface area contributed by atoms with Crippen LogP contribution in [0.15, 0.2) is 30.3 Å². The third-order valence-electron chi connectivity index (χ3n) is 5.13. The molecular weight excluding hydrogens is 372 g/mol. The fourth-order valence-electron chi connectivity index (χ4n) is 3.41. The van der Waals surface area contributed by atoms with Gasteiger partial charge in [-0.2, -0.15) is 0 Å². The van der Waals surface area contributed by atoms with Crippen LogP contribution in [0.4, 0.5) is 0 Å². The van der Waals surface area contributed by atoms with Gasteiger partial charge in [-0.15, -0.1) is 0 Å². The zero-order chi connectivity index (χ0) is 20.9. The molecule has 1 fully saturated rings. The molecule has 1 atom stereocenters. The van der Waals surface area contributed by atoms with Gasteiger partial charge < -0.3 is 9.80 Å². The number of carbonyl (C=O) groups is 1. The van der Waals surface area contributed by atoms with Crippen molar-refractivity contribution >= 4 is 21.8 Å². The third-order valence-corrected chi connectivity index (χ3v) is 6.88. The molecule has 2 rings (SSSR count). The van der Waals surface area contributed by atoms with Crippen molar-refractivity contribution < 1.29 is 13.2 Å². The van der Waals surface area contributed by atoms with Crippen LogP contribution in [0.25, 0.3) is 6.08 Å². The number of carbonyl (C=O) groups excluding carboxylic acids is 1. The smallest absolute Gasteiger partial charge is 0.246 e. The number of hydrogen-bond acceptors (Lipinski definition) is 4. The summed E-state index contributed by atoms with van der Waals surface area (Å²) >= 11 is 0. The van der Waals surface area contributed by atoms with Gasteiger partial charge in [0.1, 0.15) is 0 Å². The Hall–Kier alpha value is -1.66. The van der Waals surface area contributed by atoms with Gasteiger partial charge in [-0.25, -0.2) is 8.42 Å². The van der Waals surface area contributed by atoms with Gasteiger partial charge >= 0.3 is 0 Å². The Bertz CT molecular complexity index is 790. The van der Waals surface area contributed by atoms with Crippen LogP contribution in [-0.2, 0) is 20.0 Å². The molecular formula is C22H34N2O3S. The summed E-state index contributed by atoms with van der Waals surface area (Å²) in [6, 6.07) is 7.99. The van der Waals surface area contributed by atoms with Crippen LogP contribution >= 0.6 is 0 Å². The molecule has 0 saturated carbocycles. The molecule has 1 unspecified atom stereocenters. The number of hydrogen-bond donors (Lipinski definition) is 0. The molecule has 1 aliphatic heterocycles. The standard InChI is InChI=1S/C22H34N2O3S/c1-22(2,3)19-10-7-18(8-11-19)9-12-21(25)24(15-6-14-23(4)5)20-13-16-28(26,27)17-20/h7-12,20H,6,13-17H2,1-5H3/b12-9+. The van der Waals surface area contributed by atoms with Crippen LogP contribution in [0.5, 0.6) is 0 Å². The highest BCUT2D eigenvalue weighted by atomic mass is 32.2. The Balaban J connectivity index is 2.09. The SMILES string of the molecule is CN(C)CCCN(C(=O)/C=C/c1ccc(C(C)(C)C)cc1)C1CCS(=O)(=O)C1. The summed E-state index contributed by atoms with van der Waals surface area (Å²) < 4.78 is 23.8. The Labute approximate surface area is 170 Å². The number of nitrogens with zero attached hydrogens (tertiary/aromatic N) is 2. The van der Waals surface area contributed by atoms with E-state index in [1.165, 1.54) is 5.56 Å². The fourth-order valence-corrected chi connectivity index (χ4v) is 5.14. The number of amides is 1. The van der Waals surface area contributed by atoms with E-state index in [0.29, 0.717) is 13.0 Å². The maximum atomic E-state index is 12.8. The van der Waals surface area contributed by atoms with Crippen molar-refractivity contribution in [3.05, 3.63) is 41.5 Å². The molecule has 1 saturated heterocycles. The molecule has 28 heavy (non-hydrogen) atoms. The zero-order valence-electron chi connectivity index (χ0n) is 17.8. The Morgan fingerprint density at radius 2 is 1.79 bits per heavy atom. The van der Waals surface area contributed by atoms with Gasteiger partial charge in [0, 0.05) is 18.7 Å². The molecule has 0 N–H and O–H groups in total. The topological polar surface area (TPSA) is 57.7 Å². The number of rotatable bonds is 7. The van der Waals surface area contributed by atoms with E-state index < -0.39 is 9.84 Å². The molecule has 1 aromatic rings. The van der Waals surface area contributed by atoms with E-state index in [9.17, 15) is 13.2 Å². The van der Waals surface area contributed by atoms with E-state index in [4.69, 9.17) is 0 Å². The molecule has 1 aromatic carbocycles. The van der Waals surface area contributed by atoms with Crippen molar-refractivity contribution in [2.24, 2.45) is 0 Å². The lowest BCUT2D eigenvalue weighted by Crippen LogP contribution is -2.41. The highest BCUT2D eigenvalue weighted by Gasteiger charge is 2.33. The summed E-state index contributed by atoms with van der Waals surface area (Å²) in [6.07, 6.45) is 4.75. The van der Waals surface area contributed by atoms with Crippen LogP contribution in [0.3, 0.4) is 0 Å². The fraction of sp³-hybridized carbons (Fsp3) is 0.591. The van der Waals surface area contributed by atoms with E-state index in [1.54, 1.807) is 11.0 Å². The first-order valence-electron chi connectivity index (χ1n) is 9.92. The molecule has 0 radical (unpaired) electrons. The summed E-state index contributed by atoms with van der Waals surface area (Å²) in [6.45, 7) is 7.94. The molecule has 156 valence electrons. The molecule has 1 amide bonds. The predicted octanol–water partition coefficient (Wildman–Crippen LogP) is 2.96. The van der Waals surface area contributed by atoms with Gasteiger partial charge in [-0.05, 0) is 56.1 Å². The Kier molecular flexibility index (Phi) is 7.46. The lowest BCUT2D eigenvalue weighted by Gasteiger charge is -2.27. The van der Waals surface area contributed by atoms with Gasteiger partial charge in [0.15, 0.2) is 9.84 Å². The largest absolute Gasteiger partial charge is 0.335 e. The van der Waals surface area contributed by atoms with Crippen LogP contribution in [0.2, 0.25) is 0 Å². The van der Waals surface area contributed by atoms with Crippen molar-refractivity contribution in [3.63, 3.8) is 0 Å². The van der Waals surface area contributed by atoms with Crippen LogP contribution in [0, 0.1) is 0 Å². The molecule has 0 aliphatic carbocycles. The zero-order valence-corrected chi connectivity index (χ0v) is 18.6. The second-order valence-electron chi connectivity index (χ2n) is 8.95. The summed E-state index contributed by atoms with van der Waals surface area (Å²) in [4.78, 5) is 16.7. The first kappa shape index (κ1) is 22.6. The van der Waals surface area contributed by atoms with E-state index in [0.717, 1.165) is 18.5 Å². The van der Waals surface area contributed by atoms with Gasteiger partial charge in [0.05, 0.1) is 11.5 Å². The van der Waals surface area contributed by atoms with Crippen molar-refractivity contribution in [3.8, 4) is 0 Å². The summed E-state index contributed by atoms with van der Waals surface area (Å²) in [5.41, 5.74) is 2.31. The molecule has 0 bridgehead atoms. The third kappa shape index (κ3) is 6.74. The lowest BCUT2D eigenvalue weighted by atomic mass is 9.87. The van der Waals surface area contributed by atoms with Crippen molar-refractivity contribution in [1.29, 1.82) is 0 Å². The van der Waals surface area contributed by atoms with Crippen LogP contribution in [0.1, 0.15) is 44.7 Å². The molecule has 0 aromatic heterocycles. The average Bonchev–Trinajstić information content (AvgIpc) is 2.95. The van der Waals surface area contributed by atoms with E-state index in [2.05, 4.69) is 37.8 Å². The minimum Gasteiger partial charge on any atom is -0.335 e. The van der Waals surface area contributed by atoms with Gasteiger partial charge in [-0.1, -0.05) is 45.0 Å². The van der Waals surface area contributed by atoms with Gasteiger partial charge in [0.25, 0.3) is 0 Å². The normalized spacial score (nSPS) is 19.4. The predicted molar refractivity (Wildman–Crippen MR) is 116 cm³/mol. The van der Waals surface area contributed by atoms with E-state index in [-0.39, 0.29) is 28.9 Å². The summed E-state index contributed by atoms with van der Waals surface area (Å²) in [5, 5.41) is 0. The van der Waals surface area contributed by atoms with Crippen LogP contribution in [-0.4, -0.2) is 68.9 Å². The van der Waals surface area contributed by atoms with Gasteiger partial charge in [0.2, 0.25) is 5.91 Å². The summed E-state index contributed by atoms with van der Waals surface area (Å²) in [5.74, 6) is 0.142. The maximum absolute atomic E-state index is 12.8. The highest BCUT2D eigenvalue weighted by Crippen LogP contribution is 2.23. The molecule has 6 heteroatoms. The average molecular weight is 407 g/mol. The molecule has 1 aliphatic rings. The first-order valence-corrected chi connectivity index (χ1v) is 11.7. The molecule has 0 spiro atoms. The maximum Gasteiger partial charge on any atom is 0.246 e. The lowest BCUT2D eigenvalue weighted by molar-refractivity contribution is -0.127. The second kappa shape index (κ2) is 9.23. The monoisotopic (exact) mass is 406 g/mol. The Morgan fingerprint density at radius 3 is 2.29 bits per heavy atom. The van der Waals surface area contributed by atoms with Gasteiger partial charge in [-0.3, -0.25) is 4.79 Å². The minimum atomic E-state index is -3.03. The van der Waals surface area contributed by atoms with E-state index in [1.807, 2.05) is 32.3 Å². The van der Waals surface area contributed by atoms with E-state index >= 15 is 0 Å². The molecule has 1 heterocycles. The first-order chi connectivity index (χ1) is 13.0. The highest BCUT2D eigenvalue weighted by molar-refractivity contribution is 7.91. The molecule has 5 nitrogen and oxygen atoms in total. The number of sulfone groups is 1. The Morgan fingerprint density at radius 1 is 1.14 bits per heavy atom. The second-order valence-corrected chi connectivity index (χ2v) is 11.2. The van der Waals surface area contributed by atoms with Crippen molar-refractivity contribution in [1.82, 2.24) is 9.80 Å². The quantitative estimate of drug-likeness (QED) is 0.653.